The standard InChI is InChI=1S/C51H63N5O8/c1-29(2)12-11-19-49(8)20-18-33-42(62-49)32(16-15-30(3)4)44-38(43(33)61-27-24-52-22-25-57)40-39-41(56-36-14-10-9-13-35(36)54-47(56)55-40)34-28-37-48(6,7)64-50(45(34)59,51(37,39)63-44)21-17-31(5)46(60)53-23-26-58/h9-10,12-15,17-18,20,34,37,39,41,52,57-58H,11,16,19,21-28H2,1-8H3,(H,53,60). The normalized spacial score (nSPS) is 28.6. The summed E-state index contributed by atoms with van der Waals surface area (Å²) < 4.78 is 31.7. The number of amides is 1. The number of para-hydroxylation sites is 2. The van der Waals surface area contributed by atoms with Gasteiger partial charge >= 0.3 is 0 Å². The van der Waals surface area contributed by atoms with Crippen LogP contribution in [0.2, 0.25) is 0 Å². The maximum Gasteiger partial charge on any atom is 0.246 e. The van der Waals surface area contributed by atoms with Crippen LogP contribution in [0.4, 0.5) is 5.95 Å². The Bertz CT molecular complexity index is 2560. The Morgan fingerprint density at radius 3 is 2.50 bits per heavy atom. The van der Waals surface area contributed by atoms with Crippen LogP contribution in [0.1, 0.15) is 104 Å². The zero-order chi connectivity index (χ0) is 45.3. The van der Waals surface area contributed by atoms with Gasteiger partial charge in [-0.2, -0.15) is 0 Å². The molecule has 3 aromatic rings. The van der Waals surface area contributed by atoms with Gasteiger partial charge in [0.1, 0.15) is 29.5 Å². The van der Waals surface area contributed by atoms with Crippen molar-refractivity contribution in [2.45, 2.75) is 116 Å². The summed E-state index contributed by atoms with van der Waals surface area (Å²) in [4.78, 5) is 39.9. The second-order valence-electron chi connectivity index (χ2n) is 19.6. The molecule has 4 bridgehead atoms. The van der Waals surface area contributed by atoms with Gasteiger partial charge in [0.2, 0.25) is 11.9 Å². The van der Waals surface area contributed by atoms with E-state index in [1.165, 1.54) is 5.57 Å². The van der Waals surface area contributed by atoms with E-state index in [1.807, 2.05) is 24.3 Å². The first kappa shape index (κ1) is 44.1. The summed E-state index contributed by atoms with van der Waals surface area (Å²) in [6, 6.07) is 7.59. The molecule has 3 saturated carbocycles. The van der Waals surface area contributed by atoms with Crippen molar-refractivity contribution in [2.24, 2.45) is 22.7 Å². The number of allylic oxidation sites excluding steroid dienone is 4. The number of aromatic nitrogens is 2. The third-order valence-electron chi connectivity index (χ3n) is 14.4. The van der Waals surface area contributed by atoms with Crippen LogP contribution >= 0.6 is 0 Å². The van der Waals surface area contributed by atoms with E-state index in [-0.39, 0.29) is 50.4 Å². The third kappa shape index (κ3) is 6.79. The topological polar surface area (TPSA) is 166 Å². The molecule has 7 aliphatic rings. The lowest BCUT2D eigenvalue weighted by atomic mass is 9.44. The molecule has 1 amide bonds. The quantitative estimate of drug-likeness (QED) is 0.0666. The molecule has 0 radical (unpaired) electrons. The molecule has 1 aromatic heterocycles. The smallest absolute Gasteiger partial charge is 0.246 e. The number of benzene rings is 2. The number of carbonyl (C=O) groups is 2. The molecular formula is C51H63N5O8. The highest BCUT2D eigenvalue weighted by atomic mass is 16.6. The van der Waals surface area contributed by atoms with Gasteiger partial charge < -0.3 is 44.4 Å². The van der Waals surface area contributed by atoms with Gasteiger partial charge in [0.15, 0.2) is 17.0 Å². The van der Waals surface area contributed by atoms with Gasteiger partial charge in [0.05, 0.1) is 58.6 Å². The number of carbonyl (C=O) groups excluding carboxylic acids is 2. The Labute approximate surface area is 375 Å². The van der Waals surface area contributed by atoms with Crippen LogP contribution in [0, 0.1) is 17.8 Å². The zero-order valence-electron chi connectivity index (χ0n) is 38.5. The van der Waals surface area contributed by atoms with E-state index in [4.69, 9.17) is 28.9 Å². The van der Waals surface area contributed by atoms with Crippen molar-refractivity contribution in [1.82, 2.24) is 20.2 Å². The van der Waals surface area contributed by atoms with Crippen LogP contribution in [-0.2, 0) is 20.7 Å². The first-order valence-corrected chi connectivity index (χ1v) is 23.0. The van der Waals surface area contributed by atoms with Gasteiger partial charge in [-0.05, 0) is 105 Å². The van der Waals surface area contributed by atoms with Gasteiger partial charge in [0.25, 0.3) is 0 Å². The maximum atomic E-state index is 15.9. The second kappa shape index (κ2) is 16.4. The number of nitrogens with one attached hydrogen (secondary N) is 2. The summed E-state index contributed by atoms with van der Waals surface area (Å²) in [7, 11) is 0. The van der Waals surface area contributed by atoms with Crippen molar-refractivity contribution in [1.29, 1.82) is 0 Å². The number of hydrogen-bond donors (Lipinski definition) is 4. The fourth-order valence-electron chi connectivity index (χ4n) is 11.6. The van der Waals surface area contributed by atoms with Crippen molar-refractivity contribution >= 4 is 40.5 Å². The first-order valence-electron chi connectivity index (χ1n) is 23.0. The number of ketones is 1. The van der Waals surface area contributed by atoms with E-state index in [1.54, 1.807) is 13.0 Å². The number of rotatable bonds is 16. The number of hydrogen-bond acceptors (Lipinski definition) is 11. The van der Waals surface area contributed by atoms with Gasteiger partial charge in [-0.1, -0.05) is 41.5 Å². The van der Waals surface area contributed by atoms with Crippen molar-refractivity contribution in [3.8, 4) is 17.2 Å². The van der Waals surface area contributed by atoms with Crippen molar-refractivity contribution < 1.29 is 38.7 Å². The highest BCUT2D eigenvalue weighted by molar-refractivity contribution is 6.15. The summed E-state index contributed by atoms with van der Waals surface area (Å²) in [6.45, 7) is 17.5. The zero-order valence-corrected chi connectivity index (χ0v) is 38.5. The molecule has 4 N–H and O–H groups in total. The van der Waals surface area contributed by atoms with E-state index in [0.717, 1.165) is 51.9 Å². The minimum absolute atomic E-state index is 0.00578. The molecule has 10 rings (SSSR count). The number of ether oxygens (including phenoxy) is 4. The van der Waals surface area contributed by atoms with Gasteiger partial charge in [-0.25, -0.2) is 9.98 Å². The molecule has 4 fully saturated rings. The summed E-state index contributed by atoms with van der Waals surface area (Å²) in [5.41, 5.74) is 3.33. The van der Waals surface area contributed by atoms with Crippen molar-refractivity contribution in [3.63, 3.8) is 0 Å². The lowest BCUT2D eigenvalue weighted by molar-refractivity contribution is -0.206. The molecule has 4 aliphatic heterocycles. The lowest BCUT2D eigenvalue weighted by Crippen LogP contribution is -2.79. The van der Waals surface area contributed by atoms with Crippen molar-refractivity contribution in [3.05, 3.63) is 82.0 Å². The molecule has 5 heterocycles. The van der Waals surface area contributed by atoms with E-state index in [2.05, 4.69) is 88.0 Å². The minimum Gasteiger partial charge on any atom is -0.491 e. The van der Waals surface area contributed by atoms with Crippen LogP contribution in [0.15, 0.2) is 70.3 Å². The monoisotopic (exact) mass is 873 g/mol. The van der Waals surface area contributed by atoms with Gasteiger partial charge in [0, 0.05) is 49.0 Å². The molecule has 64 heavy (non-hydrogen) atoms. The first-order chi connectivity index (χ1) is 30.6. The second-order valence-corrected chi connectivity index (χ2v) is 19.6. The van der Waals surface area contributed by atoms with E-state index < -0.39 is 40.3 Å². The molecule has 3 aliphatic carbocycles. The molecule has 1 spiro atoms. The number of aliphatic hydroxyl groups excluding tert-OH is 2. The molecule has 13 heteroatoms. The summed E-state index contributed by atoms with van der Waals surface area (Å²) in [5, 5.41) is 25.1. The number of fused-ring (bicyclic) bond motifs is 6. The molecule has 2 aromatic carbocycles. The largest absolute Gasteiger partial charge is 0.491 e. The minimum atomic E-state index is -1.51. The molecule has 7 atom stereocenters. The van der Waals surface area contributed by atoms with Crippen LogP contribution < -0.4 is 24.8 Å². The molecular weight excluding hydrogens is 811 g/mol. The Hall–Kier alpha value is -5.08. The molecule has 13 nitrogen and oxygen atoms in total. The maximum absolute atomic E-state index is 15.9. The SMILES string of the molecule is CC(C)=CCCC1(C)C=Cc2c(c(CC=C(C)C)c3c(c2OCCNCCO)C2=Nc4nc5ccccc5n4C4C5CC6C(C)(C)OC(CC=C(C)C(=O)NCCO)(C5=O)C6(O3)C24)O1. The lowest BCUT2D eigenvalue weighted by Gasteiger charge is -2.64. The Morgan fingerprint density at radius 1 is 0.984 bits per heavy atom. The Balaban J connectivity index is 1.34. The average Bonchev–Trinajstić information content (AvgIpc) is 3.69. The molecule has 7 unspecified atom stereocenters. The highest BCUT2D eigenvalue weighted by Gasteiger charge is 2.85. The van der Waals surface area contributed by atoms with E-state index >= 15 is 4.79 Å². The van der Waals surface area contributed by atoms with Crippen LogP contribution in [0.5, 0.6) is 17.2 Å². The third-order valence-corrected chi connectivity index (χ3v) is 14.4. The molecule has 340 valence electrons. The molecule has 1 saturated heterocycles. The Kier molecular flexibility index (Phi) is 11.3. The number of aliphatic hydroxyl groups is 2. The number of imidazole rings is 1. The van der Waals surface area contributed by atoms with Crippen LogP contribution in [0.3, 0.4) is 0 Å². The van der Waals surface area contributed by atoms with E-state index in [9.17, 15) is 15.0 Å². The summed E-state index contributed by atoms with van der Waals surface area (Å²) in [5.74, 6) is 0.727. The highest BCUT2D eigenvalue weighted by Crippen LogP contribution is 2.74. The van der Waals surface area contributed by atoms with Crippen molar-refractivity contribution in [2.75, 3.05) is 39.5 Å². The number of nitrogens with zero attached hydrogens (tertiary/aromatic N) is 3. The van der Waals surface area contributed by atoms with Gasteiger partial charge in [-0.3, -0.25) is 9.59 Å². The predicted molar refractivity (Wildman–Crippen MR) is 247 cm³/mol. The fourth-order valence-corrected chi connectivity index (χ4v) is 11.6. The van der Waals surface area contributed by atoms with Gasteiger partial charge in [-0.15, -0.1) is 0 Å². The Morgan fingerprint density at radius 2 is 1.75 bits per heavy atom. The summed E-state index contributed by atoms with van der Waals surface area (Å²) >= 11 is 0. The summed E-state index contributed by atoms with van der Waals surface area (Å²) in [6.07, 6.45) is 13.2. The predicted octanol–water partition coefficient (Wildman–Crippen LogP) is 7.05. The number of aliphatic imine (C=N–C) groups is 1. The van der Waals surface area contributed by atoms with E-state index in [0.29, 0.717) is 54.7 Å². The van der Waals surface area contributed by atoms with Crippen LogP contribution in [0.25, 0.3) is 17.1 Å². The fraction of sp³-hybridized carbons (Fsp3) is 0.529. The number of Topliss-reactive ketones (excluding diaryl/α,β-unsaturated/α-hetero) is 1. The average molecular weight is 874 g/mol. The van der Waals surface area contributed by atoms with Crippen LogP contribution in [-0.4, -0.2) is 99.0 Å².